The maximum absolute atomic E-state index is 11.4. The van der Waals surface area contributed by atoms with Crippen molar-refractivity contribution in [2.45, 2.75) is 44.3 Å². The molecule has 4 N–H and O–H groups in total. The molecule has 1 aliphatic carbocycles. The number of aromatic nitrogens is 4. The van der Waals surface area contributed by atoms with Gasteiger partial charge in [-0.3, -0.25) is 4.68 Å². The predicted octanol–water partition coefficient (Wildman–Crippen LogP) is 2.90. The molecule has 13 heteroatoms. The molecule has 1 aliphatic rings. The van der Waals surface area contributed by atoms with Gasteiger partial charge >= 0.3 is 18.1 Å². The van der Waals surface area contributed by atoms with E-state index >= 15 is 0 Å². The molecule has 1 saturated carbocycles. The molecule has 2 heterocycles. The van der Waals surface area contributed by atoms with Crippen molar-refractivity contribution in [3.63, 3.8) is 0 Å². The summed E-state index contributed by atoms with van der Waals surface area (Å²) >= 11 is 0. The van der Waals surface area contributed by atoms with Crippen molar-refractivity contribution >= 4 is 17.8 Å². The Hall–Kier alpha value is -3.69. The number of hydrogen-bond donors (Lipinski definition) is 3. The zero-order valence-corrected chi connectivity index (χ0v) is 16.1. The van der Waals surface area contributed by atoms with Gasteiger partial charge in [0.2, 0.25) is 0 Å². The van der Waals surface area contributed by atoms with Gasteiger partial charge in [0.25, 0.3) is 0 Å². The van der Waals surface area contributed by atoms with Gasteiger partial charge in [-0.05, 0) is 18.8 Å². The van der Waals surface area contributed by atoms with Crippen LogP contribution in [0.15, 0.2) is 18.7 Å². The van der Waals surface area contributed by atoms with Crippen LogP contribution in [0.5, 0.6) is 0 Å². The maximum Gasteiger partial charge on any atom is 0.490 e. The summed E-state index contributed by atoms with van der Waals surface area (Å²) in [6, 6.07) is 2.23. The molecule has 0 spiro atoms. The second kappa shape index (κ2) is 9.88. The van der Waals surface area contributed by atoms with Gasteiger partial charge < -0.3 is 15.9 Å². The van der Waals surface area contributed by atoms with Gasteiger partial charge in [0, 0.05) is 11.8 Å². The van der Waals surface area contributed by atoms with Gasteiger partial charge in [-0.2, -0.15) is 23.5 Å². The molecule has 0 saturated heterocycles. The van der Waals surface area contributed by atoms with Crippen molar-refractivity contribution in [1.29, 1.82) is 5.26 Å². The third kappa shape index (κ3) is 5.91. The largest absolute Gasteiger partial charge is 0.490 e. The summed E-state index contributed by atoms with van der Waals surface area (Å²) in [5.41, 5.74) is 6.34. The molecule has 0 radical (unpaired) electrons. The van der Waals surface area contributed by atoms with E-state index in [0.29, 0.717) is 17.9 Å². The van der Waals surface area contributed by atoms with Crippen molar-refractivity contribution in [2.24, 2.45) is 5.92 Å². The quantitative estimate of drug-likeness (QED) is 0.633. The molecule has 3 rings (SSSR count). The van der Waals surface area contributed by atoms with Gasteiger partial charge in [-0.15, -0.1) is 0 Å². The highest BCUT2D eigenvalue weighted by atomic mass is 19.4. The van der Waals surface area contributed by atoms with Crippen LogP contribution in [0.1, 0.15) is 48.5 Å². The molecule has 166 valence electrons. The number of nitrogen functional groups attached to an aromatic ring is 1. The van der Waals surface area contributed by atoms with E-state index in [9.17, 15) is 23.1 Å². The lowest BCUT2D eigenvalue weighted by Crippen LogP contribution is -2.21. The summed E-state index contributed by atoms with van der Waals surface area (Å²) < 4.78 is 33.5. The van der Waals surface area contributed by atoms with Crippen molar-refractivity contribution in [3.05, 3.63) is 24.3 Å². The average molecular weight is 440 g/mol. The van der Waals surface area contributed by atoms with Crippen molar-refractivity contribution in [1.82, 2.24) is 19.7 Å². The van der Waals surface area contributed by atoms with Crippen LogP contribution in [-0.4, -0.2) is 48.1 Å². The van der Waals surface area contributed by atoms with E-state index in [0.717, 1.165) is 12.8 Å². The Morgan fingerprint density at radius 3 is 2.42 bits per heavy atom. The summed E-state index contributed by atoms with van der Waals surface area (Å²) in [5, 5.41) is 30.0. The molecular formula is C18H19F3N6O4. The van der Waals surface area contributed by atoms with E-state index in [2.05, 4.69) is 21.1 Å². The fraction of sp³-hybridized carbons (Fsp3) is 0.444. The van der Waals surface area contributed by atoms with E-state index in [1.54, 1.807) is 17.1 Å². The molecular weight excluding hydrogens is 421 g/mol. The fourth-order valence-corrected chi connectivity index (χ4v) is 3.38. The number of carboxylic acid groups (broad SMARTS) is 2. The lowest BCUT2D eigenvalue weighted by atomic mass is 9.96. The number of nitriles is 1. The van der Waals surface area contributed by atoms with Gasteiger partial charge in [0.15, 0.2) is 0 Å². The zero-order valence-electron chi connectivity index (χ0n) is 16.1. The van der Waals surface area contributed by atoms with Crippen molar-refractivity contribution in [3.8, 4) is 17.3 Å². The summed E-state index contributed by atoms with van der Waals surface area (Å²) in [4.78, 5) is 28.1. The monoisotopic (exact) mass is 440 g/mol. The third-order valence-electron chi connectivity index (χ3n) is 4.79. The van der Waals surface area contributed by atoms with Crippen LogP contribution in [0, 0.1) is 17.2 Å². The molecule has 0 amide bonds. The number of rotatable bonds is 5. The summed E-state index contributed by atoms with van der Waals surface area (Å²) in [7, 11) is 0. The Bertz CT molecular complexity index is 979. The number of aliphatic carboxylic acids is 1. The van der Waals surface area contributed by atoms with Crippen LogP contribution in [0.2, 0.25) is 0 Å². The summed E-state index contributed by atoms with van der Waals surface area (Å²) in [5.74, 6) is -3.59. The predicted molar refractivity (Wildman–Crippen MR) is 99.5 cm³/mol. The first-order chi connectivity index (χ1) is 14.6. The number of hydrogen-bond acceptors (Lipinski definition) is 7. The number of alkyl halides is 3. The number of carbonyl (C=O) groups is 2. The molecule has 1 atom stereocenters. The molecule has 0 aliphatic heterocycles. The van der Waals surface area contributed by atoms with Crippen LogP contribution in [0.3, 0.4) is 0 Å². The van der Waals surface area contributed by atoms with E-state index < -0.39 is 18.1 Å². The minimum atomic E-state index is -5.08. The SMILES string of the molecule is N#CC[C@H](C1CCCC1)n1cc(-c2ncnc(N)c2C(=O)O)cn1.O=C(O)C(F)(F)F. The minimum absolute atomic E-state index is 0.00119. The zero-order chi connectivity index (χ0) is 23.2. The highest BCUT2D eigenvalue weighted by molar-refractivity contribution is 5.99. The maximum atomic E-state index is 11.4. The molecule has 1 fully saturated rings. The number of anilines is 1. The Kier molecular flexibility index (Phi) is 7.51. The number of aromatic carboxylic acids is 1. The topological polar surface area (TPSA) is 168 Å². The van der Waals surface area contributed by atoms with Gasteiger partial charge in [-0.1, -0.05) is 12.8 Å². The van der Waals surface area contributed by atoms with E-state index in [1.165, 1.54) is 19.2 Å². The first-order valence-corrected chi connectivity index (χ1v) is 9.11. The summed E-state index contributed by atoms with van der Waals surface area (Å²) in [6.07, 6.45) is 4.35. The Balaban J connectivity index is 0.000000423. The van der Waals surface area contributed by atoms with E-state index in [4.69, 9.17) is 20.9 Å². The lowest BCUT2D eigenvalue weighted by Gasteiger charge is -2.21. The van der Waals surface area contributed by atoms with E-state index in [1.807, 2.05) is 0 Å². The fourth-order valence-electron chi connectivity index (χ4n) is 3.38. The van der Waals surface area contributed by atoms with Gasteiger partial charge in [0.1, 0.15) is 17.7 Å². The second-order valence-electron chi connectivity index (χ2n) is 6.77. The van der Waals surface area contributed by atoms with Crippen molar-refractivity contribution < 1.29 is 33.0 Å². The minimum Gasteiger partial charge on any atom is -0.477 e. The molecule has 10 nitrogen and oxygen atoms in total. The highest BCUT2D eigenvalue weighted by Gasteiger charge is 2.38. The first-order valence-electron chi connectivity index (χ1n) is 9.11. The number of nitrogens with two attached hydrogens (primary N) is 1. The number of nitrogens with zero attached hydrogens (tertiary/aromatic N) is 5. The number of halogens is 3. The first kappa shape index (κ1) is 23.6. The molecule has 0 aromatic carbocycles. The molecule has 0 unspecified atom stereocenters. The average Bonchev–Trinajstić information content (AvgIpc) is 3.37. The van der Waals surface area contributed by atoms with Crippen LogP contribution < -0.4 is 5.73 Å². The highest BCUT2D eigenvalue weighted by Crippen LogP contribution is 2.36. The molecule has 0 bridgehead atoms. The smallest absolute Gasteiger partial charge is 0.477 e. The van der Waals surface area contributed by atoms with E-state index in [-0.39, 0.29) is 23.1 Å². The Morgan fingerprint density at radius 2 is 1.90 bits per heavy atom. The lowest BCUT2D eigenvalue weighted by molar-refractivity contribution is -0.192. The molecule has 2 aromatic rings. The van der Waals surface area contributed by atoms with Crippen molar-refractivity contribution in [2.75, 3.05) is 5.73 Å². The van der Waals surface area contributed by atoms with Gasteiger partial charge in [0.05, 0.1) is 30.4 Å². The van der Waals surface area contributed by atoms with Crippen LogP contribution in [0.4, 0.5) is 19.0 Å². The standard InChI is InChI=1S/C16H18N6O2.C2HF3O2/c17-6-5-12(10-3-1-2-4-10)22-8-11(7-21-22)14-13(16(23)24)15(18)20-9-19-14;3-2(4,5)1(6)7/h7-10,12H,1-5H2,(H,23,24)(H2,18,19,20);(H,6,7)/t12-;/m1./s1. The third-order valence-corrected chi connectivity index (χ3v) is 4.79. The molecule has 31 heavy (non-hydrogen) atoms. The normalized spacial score (nSPS) is 14.9. The van der Waals surface area contributed by atoms with Crippen LogP contribution in [0.25, 0.3) is 11.3 Å². The number of carboxylic acids is 2. The van der Waals surface area contributed by atoms with Crippen LogP contribution >= 0.6 is 0 Å². The Morgan fingerprint density at radius 1 is 1.29 bits per heavy atom. The van der Waals surface area contributed by atoms with Gasteiger partial charge in [-0.25, -0.2) is 19.6 Å². The Labute approximate surface area is 174 Å². The van der Waals surface area contributed by atoms with Crippen LogP contribution in [-0.2, 0) is 4.79 Å². The summed E-state index contributed by atoms with van der Waals surface area (Å²) in [6.45, 7) is 0. The second-order valence-corrected chi connectivity index (χ2v) is 6.77. The molecule has 2 aromatic heterocycles.